The number of carbonyl (C=O) groups is 1. The maximum atomic E-state index is 11.0. The Balaban J connectivity index is 2.33. The van der Waals surface area contributed by atoms with Crippen LogP contribution in [-0.2, 0) is 0 Å². The number of para-hydroxylation sites is 1. The molecule has 0 unspecified atom stereocenters. The summed E-state index contributed by atoms with van der Waals surface area (Å²) in [5.41, 5.74) is 0.0373. The lowest BCUT2D eigenvalue weighted by molar-refractivity contribution is -0.386. The summed E-state index contributed by atoms with van der Waals surface area (Å²) in [5.74, 6) is -1.22. The predicted octanol–water partition coefficient (Wildman–Crippen LogP) is 2.18. The van der Waals surface area contributed by atoms with Gasteiger partial charge in [-0.05, 0) is 19.1 Å². The fourth-order valence-corrected chi connectivity index (χ4v) is 1.55. The highest BCUT2D eigenvalue weighted by atomic mass is 16.6. The Bertz CT molecular complexity index is 669. The van der Waals surface area contributed by atoms with Crippen LogP contribution in [0.5, 0.6) is 11.6 Å². The normalized spacial score (nSPS) is 10.1. The van der Waals surface area contributed by atoms with Crippen LogP contribution in [0.3, 0.4) is 0 Å². The summed E-state index contributed by atoms with van der Waals surface area (Å²) in [6, 6.07) is 7.10. The molecule has 0 bridgehead atoms. The second-order valence-electron chi connectivity index (χ2n) is 3.84. The summed E-state index contributed by atoms with van der Waals surface area (Å²) in [6.45, 7) is 1.59. The number of nitro benzene ring substituents is 1. The molecule has 0 aliphatic heterocycles. The third-order valence-electron chi connectivity index (χ3n) is 2.46. The summed E-state index contributed by atoms with van der Waals surface area (Å²) in [6.07, 6.45) is 0. The molecule has 0 radical (unpaired) electrons. The molecule has 0 aliphatic carbocycles. The highest BCUT2D eigenvalue weighted by molar-refractivity contribution is 5.84. The van der Waals surface area contributed by atoms with Crippen LogP contribution >= 0.6 is 0 Å². The molecule has 102 valence electrons. The van der Waals surface area contributed by atoms with Crippen LogP contribution in [0.25, 0.3) is 0 Å². The van der Waals surface area contributed by atoms with Crippen molar-refractivity contribution >= 4 is 11.7 Å². The van der Waals surface area contributed by atoms with Gasteiger partial charge in [0.05, 0.1) is 4.92 Å². The number of rotatable bonds is 4. The third-order valence-corrected chi connectivity index (χ3v) is 2.46. The van der Waals surface area contributed by atoms with Gasteiger partial charge in [-0.15, -0.1) is 10.2 Å². The van der Waals surface area contributed by atoms with Crippen molar-refractivity contribution < 1.29 is 19.6 Å². The first kappa shape index (κ1) is 13.4. The highest BCUT2D eigenvalue weighted by Gasteiger charge is 2.19. The number of nitro groups is 1. The van der Waals surface area contributed by atoms with Crippen molar-refractivity contribution in [1.29, 1.82) is 0 Å². The lowest BCUT2D eigenvalue weighted by atomic mass is 10.2. The lowest BCUT2D eigenvalue weighted by Gasteiger charge is -2.06. The molecule has 0 fully saturated rings. The molecule has 0 amide bonds. The number of nitrogens with zero attached hydrogens (tertiary/aromatic N) is 3. The molecule has 0 spiro atoms. The maximum absolute atomic E-state index is 11.0. The van der Waals surface area contributed by atoms with Gasteiger partial charge in [-0.3, -0.25) is 10.1 Å². The number of aromatic carboxylic acids is 1. The quantitative estimate of drug-likeness (QED) is 0.671. The van der Waals surface area contributed by atoms with E-state index in [4.69, 9.17) is 9.84 Å². The van der Waals surface area contributed by atoms with Crippen LogP contribution in [0.4, 0.5) is 5.69 Å². The van der Waals surface area contributed by atoms with Crippen LogP contribution in [0.2, 0.25) is 0 Å². The molecule has 8 heteroatoms. The molecular formula is C12H9N3O5. The number of aromatic nitrogens is 2. The highest BCUT2D eigenvalue weighted by Crippen LogP contribution is 2.32. The summed E-state index contributed by atoms with van der Waals surface area (Å²) < 4.78 is 5.28. The lowest BCUT2D eigenvalue weighted by Crippen LogP contribution is -2.03. The number of hydrogen-bond acceptors (Lipinski definition) is 6. The Morgan fingerprint density at radius 3 is 2.60 bits per heavy atom. The van der Waals surface area contributed by atoms with Gasteiger partial charge < -0.3 is 9.84 Å². The van der Waals surface area contributed by atoms with Crippen molar-refractivity contribution in [1.82, 2.24) is 10.2 Å². The summed E-state index contributed by atoms with van der Waals surface area (Å²) >= 11 is 0. The van der Waals surface area contributed by atoms with Crippen LogP contribution < -0.4 is 4.74 Å². The van der Waals surface area contributed by atoms with Crippen molar-refractivity contribution in [2.75, 3.05) is 0 Å². The van der Waals surface area contributed by atoms with E-state index in [1.807, 2.05) is 0 Å². The van der Waals surface area contributed by atoms with Gasteiger partial charge in [-0.25, -0.2) is 4.79 Å². The van der Waals surface area contributed by atoms with E-state index in [0.29, 0.717) is 5.56 Å². The molecule has 20 heavy (non-hydrogen) atoms. The third kappa shape index (κ3) is 2.69. The standard InChI is InChI=1S/C12H9N3O5/c1-7-3-2-4-9(11(7)15(18)19)20-10-6-5-8(12(16)17)13-14-10/h2-6H,1H3,(H,16,17). The molecular weight excluding hydrogens is 266 g/mol. The number of benzene rings is 1. The van der Waals surface area contributed by atoms with Gasteiger partial charge in [0.1, 0.15) is 0 Å². The van der Waals surface area contributed by atoms with E-state index < -0.39 is 10.9 Å². The zero-order valence-electron chi connectivity index (χ0n) is 10.3. The first-order chi connectivity index (χ1) is 9.49. The van der Waals surface area contributed by atoms with E-state index in [9.17, 15) is 14.9 Å². The largest absolute Gasteiger partial charge is 0.476 e. The van der Waals surface area contributed by atoms with Crippen molar-refractivity contribution in [3.63, 3.8) is 0 Å². The molecule has 1 aromatic carbocycles. The van der Waals surface area contributed by atoms with Gasteiger partial charge in [-0.2, -0.15) is 0 Å². The van der Waals surface area contributed by atoms with E-state index >= 15 is 0 Å². The minimum absolute atomic E-state index is 0.0207. The van der Waals surface area contributed by atoms with E-state index in [1.54, 1.807) is 19.1 Å². The summed E-state index contributed by atoms with van der Waals surface area (Å²) in [7, 11) is 0. The van der Waals surface area contributed by atoms with E-state index in [2.05, 4.69) is 10.2 Å². The van der Waals surface area contributed by atoms with E-state index in [-0.39, 0.29) is 23.0 Å². The van der Waals surface area contributed by atoms with Crippen LogP contribution in [-0.4, -0.2) is 26.2 Å². The SMILES string of the molecule is Cc1cccc(Oc2ccc(C(=O)O)nn2)c1[N+](=O)[O-]. The second-order valence-corrected chi connectivity index (χ2v) is 3.84. The number of carboxylic acids is 1. The van der Waals surface area contributed by atoms with Gasteiger partial charge in [0, 0.05) is 11.6 Å². The Kier molecular flexibility index (Phi) is 3.56. The average Bonchev–Trinajstić information content (AvgIpc) is 2.39. The van der Waals surface area contributed by atoms with Gasteiger partial charge in [0.2, 0.25) is 11.6 Å². The van der Waals surface area contributed by atoms with Crippen LogP contribution in [0.15, 0.2) is 30.3 Å². The minimum Gasteiger partial charge on any atom is -0.476 e. The zero-order valence-corrected chi connectivity index (χ0v) is 10.3. The van der Waals surface area contributed by atoms with E-state index in [0.717, 1.165) is 0 Å². The average molecular weight is 275 g/mol. The number of ether oxygens (including phenoxy) is 1. The molecule has 0 saturated carbocycles. The summed E-state index contributed by atoms with van der Waals surface area (Å²) in [5, 5.41) is 26.7. The Morgan fingerprint density at radius 2 is 2.05 bits per heavy atom. The molecule has 0 atom stereocenters. The van der Waals surface area contributed by atoms with Crippen molar-refractivity contribution in [3.8, 4) is 11.6 Å². The van der Waals surface area contributed by atoms with E-state index in [1.165, 1.54) is 18.2 Å². The Morgan fingerprint density at radius 1 is 1.30 bits per heavy atom. The van der Waals surface area contributed by atoms with Gasteiger partial charge in [-0.1, -0.05) is 12.1 Å². The van der Waals surface area contributed by atoms with Crippen molar-refractivity contribution in [2.24, 2.45) is 0 Å². The van der Waals surface area contributed by atoms with Crippen LogP contribution in [0, 0.1) is 17.0 Å². The Hall–Kier alpha value is -3.03. The molecule has 0 saturated heterocycles. The van der Waals surface area contributed by atoms with Crippen molar-refractivity contribution in [2.45, 2.75) is 6.92 Å². The maximum Gasteiger partial charge on any atom is 0.356 e. The molecule has 1 N–H and O–H groups in total. The fraction of sp³-hybridized carbons (Fsp3) is 0.0833. The smallest absolute Gasteiger partial charge is 0.356 e. The topological polar surface area (TPSA) is 115 Å². The monoisotopic (exact) mass is 275 g/mol. The molecule has 1 aromatic heterocycles. The fourth-order valence-electron chi connectivity index (χ4n) is 1.55. The number of carboxylic acid groups (broad SMARTS) is 1. The summed E-state index contributed by atoms with van der Waals surface area (Å²) in [4.78, 5) is 21.1. The molecule has 2 aromatic rings. The molecule has 2 rings (SSSR count). The zero-order chi connectivity index (χ0) is 14.7. The number of hydrogen-bond donors (Lipinski definition) is 1. The molecule has 8 nitrogen and oxygen atoms in total. The van der Waals surface area contributed by atoms with Gasteiger partial charge in [0.25, 0.3) is 0 Å². The second kappa shape index (κ2) is 5.31. The van der Waals surface area contributed by atoms with Gasteiger partial charge in [0.15, 0.2) is 5.69 Å². The van der Waals surface area contributed by atoms with Crippen molar-refractivity contribution in [3.05, 3.63) is 51.7 Å². The Labute approximate surface area is 112 Å². The van der Waals surface area contributed by atoms with Crippen LogP contribution in [0.1, 0.15) is 16.1 Å². The predicted molar refractivity (Wildman–Crippen MR) is 66.9 cm³/mol. The molecule has 1 heterocycles. The number of aryl methyl sites for hydroxylation is 1. The first-order valence-corrected chi connectivity index (χ1v) is 5.48. The van der Waals surface area contributed by atoms with Gasteiger partial charge >= 0.3 is 11.7 Å². The minimum atomic E-state index is -1.22. The molecule has 0 aliphatic rings. The first-order valence-electron chi connectivity index (χ1n) is 5.48.